The monoisotopic (exact) mass is 218 g/mol. The van der Waals surface area contributed by atoms with Crippen LogP contribution in [0.25, 0.3) is 0 Å². The molecule has 1 fully saturated rings. The van der Waals surface area contributed by atoms with E-state index < -0.39 is 0 Å². The third-order valence-electron chi connectivity index (χ3n) is 3.64. The minimum atomic E-state index is 0.894. The number of benzene rings is 1. The van der Waals surface area contributed by atoms with Crippen molar-refractivity contribution >= 4 is 5.69 Å². The quantitative estimate of drug-likeness (QED) is 0.790. The van der Waals surface area contributed by atoms with E-state index in [1.165, 1.54) is 37.1 Å². The van der Waals surface area contributed by atoms with E-state index in [2.05, 4.69) is 30.9 Å². The van der Waals surface area contributed by atoms with Gasteiger partial charge in [-0.15, -0.1) is 0 Å². The van der Waals surface area contributed by atoms with Gasteiger partial charge in [0.05, 0.1) is 0 Å². The van der Waals surface area contributed by atoms with Crippen LogP contribution in [-0.2, 0) is 6.54 Å². The highest BCUT2D eigenvalue weighted by Crippen LogP contribution is 2.23. The van der Waals surface area contributed by atoms with E-state index in [9.17, 15) is 0 Å². The van der Waals surface area contributed by atoms with E-state index >= 15 is 0 Å². The second-order valence-corrected chi connectivity index (χ2v) is 5.00. The summed E-state index contributed by atoms with van der Waals surface area (Å²) in [7, 11) is 0. The van der Waals surface area contributed by atoms with Gasteiger partial charge < -0.3 is 5.73 Å². The lowest BCUT2D eigenvalue weighted by Crippen LogP contribution is -2.20. The Morgan fingerprint density at radius 1 is 1.44 bits per heavy atom. The van der Waals surface area contributed by atoms with Crippen molar-refractivity contribution in [1.82, 2.24) is 4.90 Å². The van der Waals surface area contributed by atoms with Crippen molar-refractivity contribution in [2.24, 2.45) is 5.92 Å². The molecular formula is C14H22N2. The number of rotatable bonds is 3. The van der Waals surface area contributed by atoms with Gasteiger partial charge in [-0.3, -0.25) is 4.90 Å². The summed E-state index contributed by atoms with van der Waals surface area (Å²) in [5, 5.41) is 0. The van der Waals surface area contributed by atoms with E-state index in [0.717, 1.165) is 18.2 Å². The molecule has 1 heterocycles. The maximum atomic E-state index is 6.01. The first-order valence-corrected chi connectivity index (χ1v) is 6.26. The second-order valence-electron chi connectivity index (χ2n) is 5.00. The number of likely N-dealkylation sites (tertiary alicyclic amines) is 1. The summed E-state index contributed by atoms with van der Waals surface area (Å²) in [6.07, 6.45) is 2.65. The van der Waals surface area contributed by atoms with E-state index in [1.54, 1.807) is 0 Å². The van der Waals surface area contributed by atoms with Crippen molar-refractivity contribution in [3.05, 3.63) is 29.3 Å². The Bertz CT molecular complexity index is 360. The molecule has 2 N–H and O–H groups in total. The van der Waals surface area contributed by atoms with Gasteiger partial charge in [0.25, 0.3) is 0 Å². The summed E-state index contributed by atoms with van der Waals surface area (Å²) in [6, 6.07) is 6.32. The van der Waals surface area contributed by atoms with Crippen LogP contribution in [0.5, 0.6) is 0 Å². The topological polar surface area (TPSA) is 29.3 Å². The summed E-state index contributed by atoms with van der Waals surface area (Å²) in [5.74, 6) is 0.894. The molecule has 0 amide bonds. The number of nitrogen functional groups attached to an aromatic ring is 1. The second kappa shape index (κ2) is 4.88. The average Bonchev–Trinajstić information content (AvgIpc) is 2.71. The van der Waals surface area contributed by atoms with Crippen LogP contribution < -0.4 is 5.73 Å². The first-order chi connectivity index (χ1) is 7.69. The van der Waals surface area contributed by atoms with Crippen LogP contribution in [0, 0.1) is 12.8 Å². The van der Waals surface area contributed by atoms with Crippen LogP contribution >= 0.6 is 0 Å². The lowest BCUT2D eigenvalue weighted by Gasteiger charge is -2.17. The first-order valence-electron chi connectivity index (χ1n) is 6.26. The molecule has 2 rings (SSSR count). The molecule has 0 spiro atoms. The lowest BCUT2D eigenvalue weighted by atomic mass is 10.1. The molecule has 0 aliphatic carbocycles. The van der Waals surface area contributed by atoms with Gasteiger partial charge in [-0.05, 0) is 37.4 Å². The maximum Gasteiger partial charge on any atom is 0.0359 e. The van der Waals surface area contributed by atoms with E-state index in [0.29, 0.717) is 0 Å². The zero-order chi connectivity index (χ0) is 11.5. The van der Waals surface area contributed by atoms with Crippen molar-refractivity contribution in [2.45, 2.75) is 33.2 Å². The predicted octanol–water partition coefficient (Wildman–Crippen LogP) is 2.81. The summed E-state index contributed by atoms with van der Waals surface area (Å²) < 4.78 is 0. The summed E-state index contributed by atoms with van der Waals surface area (Å²) >= 11 is 0. The molecule has 0 bridgehead atoms. The number of anilines is 1. The van der Waals surface area contributed by atoms with Crippen LogP contribution in [0.2, 0.25) is 0 Å². The Hall–Kier alpha value is -1.02. The van der Waals surface area contributed by atoms with E-state index in [-0.39, 0.29) is 0 Å². The lowest BCUT2D eigenvalue weighted by molar-refractivity contribution is 0.315. The SMILES string of the molecule is CCC1CCN(Cc2cc(C)ccc2N)C1. The van der Waals surface area contributed by atoms with Crippen molar-refractivity contribution in [3.8, 4) is 0 Å². The predicted molar refractivity (Wildman–Crippen MR) is 69.3 cm³/mol. The molecule has 0 radical (unpaired) electrons. The maximum absolute atomic E-state index is 6.01. The van der Waals surface area contributed by atoms with Gasteiger partial charge >= 0.3 is 0 Å². The third-order valence-corrected chi connectivity index (χ3v) is 3.64. The molecule has 1 saturated heterocycles. The Balaban J connectivity index is 2.01. The molecule has 1 aliphatic rings. The minimum Gasteiger partial charge on any atom is -0.398 e. The Kier molecular flexibility index (Phi) is 3.49. The van der Waals surface area contributed by atoms with Gasteiger partial charge in [-0.2, -0.15) is 0 Å². The van der Waals surface area contributed by atoms with Crippen molar-refractivity contribution in [3.63, 3.8) is 0 Å². The van der Waals surface area contributed by atoms with Crippen LogP contribution in [0.4, 0.5) is 5.69 Å². The first kappa shape index (κ1) is 11.5. The molecule has 1 unspecified atom stereocenters. The van der Waals surface area contributed by atoms with Gasteiger partial charge in [0.15, 0.2) is 0 Å². The van der Waals surface area contributed by atoms with Crippen molar-refractivity contribution in [1.29, 1.82) is 0 Å². The van der Waals surface area contributed by atoms with Crippen LogP contribution in [0.1, 0.15) is 30.9 Å². The highest BCUT2D eigenvalue weighted by atomic mass is 15.1. The van der Waals surface area contributed by atoms with Gasteiger partial charge in [-0.25, -0.2) is 0 Å². The summed E-state index contributed by atoms with van der Waals surface area (Å²) in [4.78, 5) is 2.53. The van der Waals surface area contributed by atoms with Gasteiger partial charge in [-0.1, -0.05) is 31.0 Å². The summed E-state index contributed by atoms with van der Waals surface area (Å²) in [5.41, 5.74) is 9.53. The standard InChI is InChI=1S/C14H22N2/c1-3-12-6-7-16(9-12)10-13-8-11(2)4-5-14(13)15/h4-5,8,12H,3,6-7,9-10,15H2,1-2H3. The number of hydrogen-bond donors (Lipinski definition) is 1. The molecule has 1 atom stereocenters. The largest absolute Gasteiger partial charge is 0.398 e. The number of nitrogens with two attached hydrogens (primary N) is 1. The van der Waals surface area contributed by atoms with Crippen LogP contribution in [0.15, 0.2) is 18.2 Å². The normalized spacial score (nSPS) is 21.5. The fourth-order valence-electron chi connectivity index (χ4n) is 2.50. The van der Waals surface area contributed by atoms with Gasteiger partial charge in [0, 0.05) is 18.8 Å². The Morgan fingerprint density at radius 2 is 2.25 bits per heavy atom. The zero-order valence-electron chi connectivity index (χ0n) is 10.4. The molecule has 88 valence electrons. The van der Waals surface area contributed by atoms with E-state index in [1.807, 2.05) is 6.07 Å². The molecule has 16 heavy (non-hydrogen) atoms. The smallest absolute Gasteiger partial charge is 0.0359 e. The average molecular weight is 218 g/mol. The van der Waals surface area contributed by atoms with Crippen LogP contribution in [0.3, 0.4) is 0 Å². The van der Waals surface area contributed by atoms with Gasteiger partial charge in [0.1, 0.15) is 0 Å². The van der Waals surface area contributed by atoms with Crippen molar-refractivity contribution in [2.75, 3.05) is 18.8 Å². The highest BCUT2D eigenvalue weighted by Gasteiger charge is 2.21. The van der Waals surface area contributed by atoms with Crippen LogP contribution in [-0.4, -0.2) is 18.0 Å². The highest BCUT2D eigenvalue weighted by molar-refractivity contribution is 5.48. The minimum absolute atomic E-state index is 0.894. The molecule has 1 aromatic rings. The third kappa shape index (κ3) is 2.56. The molecule has 0 aromatic heterocycles. The van der Waals surface area contributed by atoms with Crippen molar-refractivity contribution < 1.29 is 0 Å². The van der Waals surface area contributed by atoms with E-state index in [4.69, 9.17) is 5.73 Å². The summed E-state index contributed by atoms with van der Waals surface area (Å²) in [6.45, 7) is 7.90. The fraction of sp³-hybridized carbons (Fsp3) is 0.571. The molecule has 1 aromatic carbocycles. The number of aryl methyl sites for hydroxylation is 1. The molecule has 1 aliphatic heterocycles. The van der Waals surface area contributed by atoms with Gasteiger partial charge in [0.2, 0.25) is 0 Å². The molecular weight excluding hydrogens is 196 g/mol. The molecule has 2 heteroatoms. The number of hydrogen-bond acceptors (Lipinski definition) is 2. The zero-order valence-corrected chi connectivity index (χ0v) is 10.4. The Morgan fingerprint density at radius 3 is 2.94 bits per heavy atom. The Labute approximate surface area is 98.4 Å². The molecule has 2 nitrogen and oxygen atoms in total. The fourth-order valence-corrected chi connectivity index (χ4v) is 2.50. The number of nitrogens with zero attached hydrogens (tertiary/aromatic N) is 1. The molecule has 0 saturated carbocycles.